The summed E-state index contributed by atoms with van der Waals surface area (Å²) >= 11 is 0. The number of nitrogens with one attached hydrogen (secondary N) is 1. The molecular formula is C10H15N3. The van der Waals surface area contributed by atoms with Crippen LogP contribution in [0.4, 0.5) is 5.82 Å². The van der Waals surface area contributed by atoms with Crippen molar-refractivity contribution in [2.75, 3.05) is 5.73 Å². The molecule has 1 heterocycles. The lowest BCUT2D eigenvalue weighted by Gasteiger charge is -1.94. The molecule has 2 saturated carbocycles. The van der Waals surface area contributed by atoms with E-state index in [9.17, 15) is 0 Å². The average Bonchev–Trinajstić information content (AvgIpc) is 2.92. The Morgan fingerprint density at radius 3 is 3.00 bits per heavy atom. The van der Waals surface area contributed by atoms with E-state index in [0.717, 1.165) is 24.2 Å². The van der Waals surface area contributed by atoms with Crippen LogP contribution in [-0.4, -0.2) is 10.2 Å². The first-order chi connectivity index (χ1) is 6.33. The van der Waals surface area contributed by atoms with Crippen molar-refractivity contribution in [1.29, 1.82) is 0 Å². The third kappa shape index (κ3) is 1.43. The van der Waals surface area contributed by atoms with Crippen LogP contribution in [0.15, 0.2) is 6.07 Å². The second-order valence-corrected chi connectivity index (χ2v) is 4.52. The Bertz CT molecular complexity index is 314. The lowest BCUT2D eigenvalue weighted by atomic mass is 10.1. The van der Waals surface area contributed by atoms with Crippen LogP contribution in [0.25, 0.3) is 0 Å². The number of hydrogen-bond acceptors (Lipinski definition) is 2. The number of aromatic nitrogens is 2. The topological polar surface area (TPSA) is 54.7 Å². The fraction of sp³-hybridized carbons (Fsp3) is 0.700. The van der Waals surface area contributed by atoms with Gasteiger partial charge in [0.25, 0.3) is 0 Å². The largest absolute Gasteiger partial charge is 0.382 e. The van der Waals surface area contributed by atoms with E-state index in [1.807, 2.05) is 6.07 Å². The summed E-state index contributed by atoms with van der Waals surface area (Å²) in [5.74, 6) is 3.65. The molecule has 3 nitrogen and oxygen atoms in total. The van der Waals surface area contributed by atoms with E-state index in [1.165, 1.54) is 25.0 Å². The summed E-state index contributed by atoms with van der Waals surface area (Å²) in [6.45, 7) is 0. The van der Waals surface area contributed by atoms with E-state index in [-0.39, 0.29) is 0 Å². The fourth-order valence-corrected chi connectivity index (χ4v) is 2.37. The van der Waals surface area contributed by atoms with Crippen LogP contribution in [0.3, 0.4) is 0 Å². The maximum absolute atomic E-state index is 5.54. The van der Waals surface area contributed by atoms with E-state index < -0.39 is 0 Å². The van der Waals surface area contributed by atoms with Crippen LogP contribution in [0.1, 0.15) is 25.0 Å². The first-order valence-electron chi connectivity index (χ1n) is 5.12. The number of H-pyrrole nitrogens is 1. The number of aromatic amines is 1. The van der Waals surface area contributed by atoms with Crippen LogP contribution in [0.2, 0.25) is 0 Å². The Balaban J connectivity index is 1.58. The minimum absolute atomic E-state index is 0.624. The zero-order valence-corrected chi connectivity index (χ0v) is 7.66. The Labute approximate surface area is 77.7 Å². The summed E-state index contributed by atoms with van der Waals surface area (Å²) in [4.78, 5) is 0. The Hall–Kier alpha value is -0.990. The van der Waals surface area contributed by atoms with Gasteiger partial charge in [-0.1, -0.05) is 0 Å². The van der Waals surface area contributed by atoms with Gasteiger partial charge in [0.1, 0.15) is 5.82 Å². The lowest BCUT2D eigenvalue weighted by molar-refractivity contribution is 0.620. The van der Waals surface area contributed by atoms with Crippen molar-refractivity contribution >= 4 is 5.82 Å². The molecule has 2 atom stereocenters. The minimum Gasteiger partial charge on any atom is -0.382 e. The first kappa shape index (κ1) is 7.42. The molecule has 2 aliphatic rings. The van der Waals surface area contributed by atoms with Crippen molar-refractivity contribution in [1.82, 2.24) is 10.2 Å². The van der Waals surface area contributed by atoms with Crippen molar-refractivity contribution in [3.63, 3.8) is 0 Å². The van der Waals surface area contributed by atoms with Gasteiger partial charge in [-0.2, -0.15) is 5.10 Å². The highest BCUT2D eigenvalue weighted by atomic mass is 15.2. The number of nitrogens with two attached hydrogens (primary N) is 1. The predicted molar refractivity (Wildman–Crippen MR) is 51.0 cm³/mol. The molecule has 1 aromatic rings. The van der Waals surface area contributed by atoms with E-state index in [2.05, 4.69) is 10.2 Å². The molecule has 2 fully saturated rings. The van der Waals surface area contributed by atoms with Crippen LogP contribution < -0.4 is 5.73 Å². The van der Waals surface area contributed by atoms with Crippen molar-refractivity contribution in [3.05, 3.63) is 11.8 Å². The zero-order valence-electron chi connectivity index (χ0n) is 7.66. The van der Waals surface area contributed by atoms with Gasteiger partial charge in [-0.25, -0.2) is 0 Å². The van der Waals surface area contributed by atoms with Gasteiger partial charge in [0.15, 0.2) is 0 Å². The summed E-state index contributed by atoms with van der Waals surface area (Å²) < 4.78 is 0. The normalized spacial score (nSPS) is 32.0. The molecule has 0 aromatic carbocycles. The van der Waals surface area contributed by atoms with E-state index in [0.29, 0.717) is 5.82 Å². The van der Waals surface area contributed by atoms with Gasteiger partial charge in [-0.05, 0) is 43.4 Å². The molecule has 1 aromatic heterocycles. The molecule has 3 rings (SSSR count). The van der Waals surface area contributed by atoms with Gasteiger partial charge in [0.05, 0.1) is 0 Å². The minimum atomic E-state index is 0.624. The molecule has 2 aliphatic carbocycles. The second-order valence-electron chi connectivity index (χ2n) is 4.52. The maximum atomic E-state index is 5.54. The molecule has 3 heteroatoms. The highest BCUT2D eigenvalue weighted by Gasteiger charge is 2.47. The standard InChI is InChI=1S/C10H15N3/c11-10-5-8(12-13-10)3-7-4-9(7)6-1-2-6/h5-7,9H,1-4H2,(H3,11,12,13)/t7-,9+/m1/s1. The number of rotatable bonds is 3. The molecule has 0 spiro atoms. The molecule has 0 bridgehead atoms. The number of hydrogen-bond donors (Lipinski definition) is 2. The van der Waals surface area contributed by atoms with Gasteiger partial charge in [0, 0.05) is 11.8 Å². The fourth-order valence-electron chi connectivity index (χ4n) is 2.37. The molecule has 0 saturated heterocycles. The number of nitrogen functional groups attached to an aromatic ring is 1. The summed E-state index contributed by atoms with van der Waals surface area (Å²) in [7, 11) is 0. The van der Waals surface area contributed by atoms with Gasteiger partial charge in [-0.15, -0.1) is 0 Å². The molecular weight excluding hydrogens is 162 g/mol. The Kier molecular flexibility index (Phi) is 1.43. The highest BCUT2D eigenvalue weighted by molar-refractivity contribution is 5.29. The van der Waals surface area contributed by atoms with Gasteiger partial charge < -0.3 is 5.73 Å². The van der Waals surface area contributed by atoms with E-state index in [1.54, 1.807) is 0 Å². The van der Waals surface area contributed by atoms with Gasteiger partial charge in [-0.3, -0.25) is 5.10 Å². The summed E-state index contributed by atoms with van der Waals surface area (Å²) in [6.07, 6.45) is 5.55. The van der Waals surface area contributed by atoms with Crippen molar-refractivity contribution < 1.29 is 0 Å². The Morgan fingerprint density at radius 2 is 2.38 bits per heavy atom. The maximum Gasteiger partial charge on any atom is 0.145 e. The second kappa shape index (κ2) is 2.50. The summed E-state index contributed by atoms with van der Waals surface area (Å²) in [5.41, 5.74) is 6.75. The third-order valence-corrected chi connectivity index (χ3v) is 3.34. The summed E-state index contributed by atoms with van der Waals surface area (Å²) in [6, 6.07) is 1.96. The van der Waals surface area contributed by atoms with Crippen LogP contribution in [-0.2, 0) is 6.42 Å². The smallest absolute Gasteiger partial charge is 0.145 e. The van der Waals surface area contributed by atoms with Crippen LogP contribution in [0.5, 0.6) is 0 Å². The average molecular weight is 177 g/mol. The Morgan fingerprint density at radius 1 is 1.54 bits per heavy atom. The molecule has 3 N–H and O–H groups in total. The zero-order chi connectivity index (χ0) is 8.84. The van der Waals surface area contributed by atoms with Gasteiger partial charge in [0.2, 0.25) is 0 Å². The van der Waals surface area contributed by atoms with E-state index >= 15 is 0 Å². The highest BCUT2D eigenvalue weighted by Crippen LogP contribution is 2.55. The van der Waals surface area contributed by atoms with E-state index in [4.69, 9.17) is 5.73 Å². The molecule has 0 radical (unpaired) electrons. The predicted octanol–water partition coefficient (Wildman–Crippen LogP) is 1.58. The molecule has 70 valence electrons. The monoisotopic (exact) mass is 177 g/mol. The molecule has 13 heavy (non-hydrogen) atoms. The molecule has 0 unspecified atom stereocenters. The van der Waals surface area contributed by atoms with Crippen molar-refractivity contribution in [2.24, 2.45) is 17.8 Å². The quantitative estimate of drug-likeness (QED) is 0.736. The van der Waals surface area contributed by atoms with Crippen LogP contribution in [0, 0.1) is 17.8 Å². The van der Waals surface area contributed by atoms with Crippen LogP contribution >= 0.6 is 0 Å². The van der Waals surface area contributed by atoms with Gasteiger partial charge >= 0.3 is 0 Å². The van der Waals surface area contributed by atoms with Crippen molar-refractivity contribution in [2.45, 2.75) is 25.7 Å². The SMILES string of the molecule is Nc1cc(C[C@@H]2C[C@H]2C2CC2)[nH]n1. The molecule has 0 aliphatic heterocycles. The number of anilines is 1. The third-order valence-electron chi connectivity index (χ3n) is 3.34. The lowest BCUT2D eigenvalue weighted by Crippen LogP contribution is -1.91. The number of nitrogens with zero attached hydrogens (tertiary/aromatic N) is 1. The molecule has 0 amide bonds. The van der Waals surface area contributed by atoms with Crippen molar-refractivity contribution in [3.8, 4) is 0 Å². The first-order valence-corrected chi connectivity index (χ1v) is 5.12. The summed E-state index contributed by atoms with van der Waals surface area (Å²) in [5, 5.41) is 6.92.